The number of hydrogen-bond donors (Lipinski definition) is 0. The number of benzene rings is 1. The summed E-state index contributed by atoms with van der Waals surface area (Å²) in [5.74, 6) is 0.750. The molecule has 1 nitrogen and oxygen atoms in total. The van der Waals surface area contributed by atoms with Crippen LogP contribution in [0.4, 0.5) is 0 Å². The van der Waals surface area contributed by atoms with Crippen LogP contribution in [0.25, 0.3) is 0 Å². The van der Waals surface area contributed by atoms with Crippen molar-refractivity contribution in [2.24, 2.45) is 5.92 Å². The van der Waals surface area contributed by atoms with Crippen LogP contribution in [0.1, 0.15) is 39.0 Å². The van der Waals surface area contributed by atoms with E-state index in [4.69, 9.17) is 0 Å². The van der Waals surface area contributed by atoms with Gasteiger partial charge in [-0.15, -0.1) is 0 Å². The Morgan fingerprint density at radius 2 is 2.11 bits per heavy atom. The summed E-state index contributed by atoms with van der Waals surface area (Å²) in [5.41, 5.74) is 0. The monoisotopic (exact) mass is 260 g/mol. The van der Waals surface area contributed by atoms with Gasteiger partial charge in [0.15, 0.2) is 0 Å². The lowest BCUT2D eigenvalue weighted by Crippen LogP contribution is -2.18. The fourth-order valence-electron chi connectivity index (χ4n) is 2.33. The molecule has 18 heavy (non-hydrogen) atoms. The molecule has 1 aromatic rings. The van der Waals surface area contributed by atoms with E-state index >= 15 is 0 Å². The second-order valence-corrected chi connectivity index (χ2v) is 6.19. The zero-order chi connectivity index (χ0) is 12.8. The molecular weight excluding hydrogens is 240 g/mol. The smallest absolute Gasteiger partial charge is 0.136 e. The molecule has 0 saturated heterocycles. The number of carbonyl (C=O) groups is 1. The number of Topliss-reactive ketones (excluding diaryl/α,β-unsaturated/α-hetero) is 1. The highest BCUT2D eigenvalue weighted by Gasteiger charge is 2.20. The van der Waals surface area contributed by atoms with Crippen molar-refractivity contribution >= 4 is 17.5 Å². The highest BCUT2D eigenvalue weighted by atomic mass is 32.2. The van der Waals surface area contributed by atoms with Gasteiger partial charge in [-0.1, -0.05) is 42.5 Å². The molecule has 1 aliphatic rings. The molecule has 0 radical (unpaired) electrons. The van der Waals surface area contributed by atoms with Crippen LogP contribution in [0.5, 0.6) is 0 Å². The Kier molecular flexibility index (Phi) is 5.06. The third kappa shape index (κ3) is 4.02. The molecule has 1 aromatic carbocycles. The Labute approximate surface area is 114 Å². The van der Waals surface area contributed by atoms with E-state index in [9.17, 15) is 4.79 Å². The van der Waals surface area contributed by atoms with Gasteiger partial charge in [-0.3, -0.25) is 4.79 Å². The van der Waals surface area contributed by atoms with E-state index in [0.717, 1.165) is 25.7 Å². The highest BCUT2D eigenvalue weighted by molar-refractivity contribution is 8.03. The summed E-state index contributed by atoms with van der Waals surface area (Å²) in [6, 6.07) is 10.4. The third-order valence-corrected chi connectivity index (χ3v) is 4.39. The van der Waals surface area contributed by atoms with Crippen LogP contribution >= 0.6 is 11.8 Å². The molecule has 0 aliphatic heterocycles. The molecule has 0 heterocycles. The third-order valence-electron chi connectivity index (χ3n) is 3.39. The first-order chi connectivity index (χ1) is 8.75. The van der Waals surface area contributed by atoms with Crippen molar-refractivity contribution in [3.05, 3.63) is 41.3 Å². The Balaban J connectivity index is 1.87. The number of ketones is 1. The molecule has 1 fully saturated rings. The summed E-state index contributed by atoms with van der Waals surface area (Å²) >= 11 is 1.78. The fourth-order valence-corrected chi connectivity index (χ4v) is 3.17. The highest BCUT2D eigenvalue weighted by Crippen LogP contribution is 2.29. The van der Waals surface area contributed by atoms with Crippen LogP contribution in [0.3, 0.4) is 0 Å². The van der Waals surface area contributed by atoms with Crippen molar-refractivity contribution in [3.8, 4) is 0 Å². The average Bonchev–Trinajstić information content (AvgIpc) is 2.39. The van der Waals surface area contributed by atoms with Crippen LogP contribution < -0.4 is 0 Å². The van der Waals surface area contributed by atoms with E-state index in [0.29, 0.717) is 5.78 Å². The second kappa shape index (κ2) is 6.79. The van der Waals surface area contributed by atoms with Gasteiger partial charge in [-0.2, -0.15) is 0 Å². The zero-order valence-corrected chi connectivity index (χ0v) is 11.7. The van der Waals surface area contributed by atoms with Gasteiger partial charge < -0.3 is 0 Å². The SMILES string of the molecule is C/C(=C/CC1CCCCC1=O)Sc1ccccc1. The first-order valence-corrected chi connectivity index (χ1v) is 7.50. The molecule has 96 valence electrons. The molecule has 0 bridgehead atoms. The Bertz CT molecular complexity index is 422. The van der Waals surface area contributed by atoms with Crippen LogP contribution in [-0.2, 0) is 4.79 Å². The molecular formula is C16H20OS. The Morgan fingerprint density at radius 3 is 2.83 bits per heavy atom. The number of allylic oxidation sites excluding steroid dienone is 2. The first-order valence-electron chi connectivity index (χ1n) is 6.68. The largest absolute Gasteiger partial charge is 0.299 e. The van der Waals surface area contributed by atoms with Gasteiger partial charge in [0.25, 0.3) is 0 Å². The second-order valence-electron chi connectivity index (χ2n) is 4.87. The molecule has 1 aliphatic carbocycles. The minimum atomic E-state index is 0.282. The Hall–Kier alpha value is -1.02. The maximum absolute atomic E-state index is 11.7. The normalized spacial score (nSPS) is 21.1. The minimum Gasteiger partial charge on any atom is -0.299 e. The lowest BCUT2D eigenvalue weighted by Gasteiger charge is -2.18. The van der Waals surface area contributed by atoms with Gasteiger partial charge in [-0.25, -0.2) is 0 Å². The van der Waals surface area contributed by atoms with Crippen molar-refractivity contribution in [2.75, 3.05) is 0 Å². The van der Waals surface area contributed by atoms with Gasteiger partial charge >= 0.3 is 0 Å². The van der Waals surface area contributed by atoms with Gasteiger partial charge in [0, 0.05) is 17.2 Å². The lowest BCUT2D eigenvalue weighted by molar-refractivity contribution is -0.124. The molecule has 0 amide bonds. The maximum atomic E-state index is 11.7. The van der Waals surface area contributed by atoms with Crippen molar-refractivity contribution in [2.45, 2.75) is 43.9 Å². The van der Waals surface area contributed by atoms with Gasteiger partial charge in [0.2, 0.25) is 0 Å². The van der Waals surface area contributed by atoms with Crippen molar-refractivity contribution in [3.63, 3.8) is 0 Å². The number of rotatable bonds is 4. The van der Waals surface area contributed by atoms with Crippen molar-refractivity contribution < 1.29 is 4.79 Å². The number of thioether (sulfide) groups is 1. The summed E-state index contributed by atoms with van der Waals surface area (Å²) in [4.78, 5) is 14.3. The van der Waals surface area contributed by atoms with Crippen LogP contribution in [0, 0.1) is 5.92 Å². The molecule has 2 heteroatoms. The average molecular weight is 260 g/mol. The number of hydrogen-bond acceptors (Lipinski definition) is 2. The lowest BCUT2D eigenvalue weighted by atomic mass is 9.86. The van der Waals surface area contributed by atoms with Crippen molar-refractivity contribution in [1.82, 2.24) is 0 Å². The molecule has 1 unspecified atom stereocenters. The predicted octanol–water partition coefficient (Wildman–Crippen LogP) is 4.83. The molecule has 0 spiro atoms. The summed E-state index contributed by atoms with van der Waals surface area (Å²) < 4.78 is 0. The van der Waals surface area contributed by atoms with Crippen LogP contribution in [-0.4, -0.2) is 5.78 Å². The summed E-state index contributed by atoms with van der Waals surface area (Å²) in [6.07, 6.45) is 7.34. The fraction of sp³-hybridized carbons (Fsp3) is 0.438. The zero-order valence-electron chi connectivity index (χ0n) is 10.9. The number of carbonyl (C=O) groups excluding carboxylic acids is 1. The Morgan fingerprint density at radius 1 is 1.33 bits per heavy atom. The topological polar surface area (TPSA) is 17.1 Å². The molecule has 1 atom stereocenters. The van der Waals surface area contributed by atoms with Gasteiger partial charge in [0.1, 0.15) is 5.78 Å². The minimum absolute atomic E-state index is 0.282. The van der Waals surface area contributed by atoms with Crippen LogP contribution in [0.2, 0.25) is 0 Å². The predicted molar refractivity (Wildman–Crippen MR) is 77.6 cm³/mol. The molecule has 0 N–H and O–H groups in total. The standard InChI is InChI=1S/C16H20OS/c1-13(18-15-8-3-2-4-9-15)11-12-14-7-5-6-10-16(14)17/h2-4,8-9,11,14H,5-7,10,12H2,1H3/b13-11-. The van der Waals surface area contributed by atoms with Crippen LogP contribution in [0.15, 0.2) is 46.2 Å². The quantitative estimate of drug-likeness (QED) is 0.721. The molecule has 0 aromatic heterocycles. The first kappa shape index (κ1) is 13.4. The van der Waals surface area contributed by atoms with E-state index < -0.39 is 0 Å². The summed E-state index contributed by atoms with van der Waals surface area (Å²) in [6.45, 7) is 2.13. The van der Waals surface area contributed by atoms with E-state index in [1.165, 1.54) is 16.2 Å². The molecule has 1 saturated carbocycles. The van der Waals surface area contributed by atoms with E-state index in [2.05, 4.69) is 37.3 Å². The van der Waals surface area contributed by atoms with E-state index in [-0.39, 0.29) is 5.92 Å². The molecule has 2 rings (SSSR count). The maximum Gasteiger partial charge on any atom is 0.136 e. The summed E-state index contributed by atoms with van der Waals surface area (Å²) in [5, 5.41) is 0. The van der Waals surface area contributed by atoms with Gasteiger partial charge in [0.05, 0.1) is 0 Å². The summed E-state index contributed by atoms with van der Waals surface area (Å²) in [7, 11) is 0. The van der Waals surface area contributed by atoms with E-state index in [1.807, 2.05) is 6.07 Å². The van der Waals surface area contributed by atoms with Crippen molar-refractivity contribution in [1.29, 1.82) is 0 Å². The van der Waals surface area contributed by atoms with Gasteiger partial charge in [-0.05, 0) is 43.2 Å². The van der Waals surface area contributed by atoms with E-state index in [1.54, 1.807) is 11.8 Å².